The normalized spacial score (nSPS) is 11.1. The number of allylic oxidation sites excluding steroid dienone is 2. The maximum absolute atomic E-state index is 4.94. The van der Waals surface area contributed by atoms with Gasteiger partial charge in [-0.05, 0) is 18.6 Å². The highest BCUT2D eigenvalue weighted by Gasteiger charge is 1.83. The number of methoxy groups -OCH3 is 1. The molecular weight excluding hydrogens is 112 g/mol. The second kappa shape index (κ2) is 5.42. The molecule has 0 N–H and O–H groups in total. The highest BCUT2D eigenvalue weighted by atomic mass is 16.5. The summed E-state index contributed by atoms with van der Waals surface area (Å²) in [5.41, 5.74) is 0. The van der Waals surface area contributed by atoms with Crippen molar-refractivity contribution >= 4 is 0 Å². The molecule has 0 spiro atoms. The fraction of sp³-hybridized carbons (Fsp3) is 0.500. The topological polar surface area (TPSA) is 9.23 Å². The minimum atomic E-state index is 0.872. The Hall–Kier alpha value is -0.720. The quantitative estimate of drug-likeness (QED) is 0.415. The van der Waals surface area contributed by atoms with Crippen LogP contribution in [0.15, 0.2) is 24.5 Å². The van der Waals surface area contributed by atoms with E-state index < -0.39 is 0 Å². The van der Waals surface area contributed by atoms with Crippen molar-refractivity contribution in [2.24, 2.45) is 0 Å². The van der Waals surface area contributed by atoms with Crippen molar-refractivity contribution in [3.8, 4) is 0 Å². The Balaban J connectivity index is 3.61. The molecule has 9 heavy (non-hydrogen) atoms. The van der Waals surface area contributed by atoms with Gasteiger partial charge in [-0.3, -0.25) is 0 Å². The van der Waals surface area contributed by atoms with Gasteiger partial charge in [-0.25, -0.2) is 0 Å². The molecule has 0 aromatic heterocycles. The smallest absolute Gasteiger partial charge is 0.114 e. The summed E-state index contributed by atoms with van der Waals surface area (Å²) >= 11 is 0. The van der Waals surface area contributed by atoms with Gasteiger partial charge in [0.2, 0.25) is 0 Å². The Kier molecular flexibility index (Phi) is 4.98. The van der Waals surface area contributed by atoms with Crippen LogP contribution < -0.4 is 0 Å². The second-order valence-electron chi connectivity index (χ2n) is 1.80. The summed E-state index contributed by atoms with van der Waals surface area (Å²) in [5.74, 6) is 0.872. The number of ether oxygens (including phenoxy) is 1. The Morgan fingerprint density at radius 3 is 2.67 bits per heavy atom. The van der Waals surface area contributed by atoms with Crippen molar-refractivity contribution in [1.82, 2.24) is 0 Å². The van der Waals surface area contributed by atoms with Crippen LogP contribution in [0.3, 0.4) is 0 Å². The zero-order chi connectivity index (χ0) is 7.11. The van der Waals surface area contributed by atoms with E-state index in [1.807, 2.05) is 6.08 Å². The highest BCUT2D eigenvalue weighted by molar-refractivity contribution is 5.07. The van der Waals surface area contributed by atoms with Crippen molar-refractivity contribution in [2.75, 3.05) is 7.11 Å². The minimum Gasteiger partial charge on any atom is -0.497 e. The van der Waals surface area contributed by atoms with E-state index >= 15 is 0 Å². The van der Waals surface area contributed by atoms with Gasteiger partial charge in [-0.15, -0.1) is 0 Å². The summed E-state index contributed by atoms with van der Waals surface area (Å²) in [6, 6.07) is 0. The van der Waals surface area contributed by atoms with E-state index in [-0.39, 0.29) is 0 Å². The van der Waals surface area contributed by atoms with Crippen LogP contribution in [0.2, 0.25) is 0 Å². The van der Waals surface area contributed by atoms with Gasteiger partial charge in [0.05, 0.1) is 7.11 Å². The third kappa shape index (κ3) is 3.83. The summed E-state index contributed by atoms with van der Waals surface area (Å²) in [7, 11) is 1.66. The van der Waals surface area contributed by atoms with Crippen molar-refractivity contribution in [1.29, 1.82) is 0 Å². The van der Waals surface area contributed by atoms with Crippen LogP contribution >= 0.6 is 0 Å². The number of rotatable bonds is 4. The molecule has 0 amide bonds. The highest BCUT2D eigenvalue weighted by Crippen LogP contribution is 1.99. The van der Waals surface area contributed by atoms with Crippen LogP contribution in [0.4, 0.5) is 0 Å². The molecule has 52 valence electrons. The Bertz CT molecular complexity index is 103. The third-order valence-corrected chi connectivity index (χ3v) is 1.07. The van der Waals surface area contributed by atoms with Crippen LogP contribution in [-0.2, 0) is 4.74 Å². The monoisotopic (exact) mass is 126 g/mol. The van der Waals surface area contributed by atoms with Crippen molar-refractivity contribution in [3.05, 3.63) is 24.5 Å². The van der Waals surface area contributed by atoms with E-state index in [1.54, 1.807) is 13.2 Å². The average Bonchev–Trinajstić information content (AvgIpc) is 1.91. The zero-order valence-corrected chi connectivity index (χ0v) is 6.18. The minimum absolute atomic E-state index is 0.872. The molecule has 1 nitrogen and oxygen atoms in total. The van der Waals surface area contributed by atoms with E-state index in [0.717, 1.165) is 18.6 Å². The molecule has 0 aromatic rings. The molecule has 1 heteroatoms. The molecule has 0 rings (SSSR count). The first kappa shape index (κ1) is 8.28. The summed E-state index contributed by atoms with van der Waals surface area (Å²) in [6.07, 6.45) is 5.97. The van der Waals surface area contributed by atoms with Crippen LogP contribution in [0, 0.1) is 0 Å². The first-order chi connectivity index (χ1) is 4.35. The molecule has 0 fully saturated rings. The second-order valence-corrected chi connectivity index (χ2v) is 1.80. The number of hydrogen-bond donors (Lipinski definition) is 0. The molecular formula is C8H14O. The van der Waals surface area contributed by atoms with E-state index in [0.29, 0.717) is 0 Å². The lowest BCUT2D eigenvalue weighted by atomic mass is 10.3. The Labute approximate surface area is 57.0 Å². The van der Waals surface area contributed by atoms with Crippen LogP contribution in [0.25, 0.3) is 0 Å². The first-order valence-corrected chi connectivity index (χ1v) is 3.21. The van der Waals surface area contributed by atoms with Crippen LogP contribution in [0.1, 0.15) is 19.8 Å². The van der Waals surface area contributed by atoms with E-state index in [1.165, 1.54) is 0 Å². The maximum Gasteiger partial charge on any atom is 0.114 e. The average molecular weight is 126 g/mol. The van der Waals surface area contributed by atoms with Crippen molar-refractivity contribution in [2.45, 2.75) is 19.8 Å². The van der Waals surface area contributed by atoms with E-state index in [4.69, 9.17) is 4.74 Å². The number of hydrogen-bond acceptors (Lipinski definition) is 1. The van der Waals surface area contributed by atoms with Crippen LogP contribution in [-0.4, -0.2) is 7.11 Å². The summed E-state index contributed by atoms with van der Waals surface area (Å²) < 4.78 is 4.94. The van der Waals surface area contributed by atoms with Gasteiger partial charge in [0.25, 0.3) is 0 Å². The molecule has 0 aliphatic heterocycles. The Morgan fingerprint density at radius 2 is 2.33 bits per heavy atom. The maximum atomic E-state index is 4.94. The largest absolute Gasteiger partial charge is 0.497 e. The molecule has 0 atom stereocenters. The molecule has 0 aromatic carbocycles. The van der Waals surface area contributed by atoms with Gasteiger partial charge in [-0.1, -0.05) is 19.9 Å². The molecule has 0 aliphatic carbocycles. The molecule has 0 heterocycles. The Morgan fingerprint density at radius 1 is 1.67 bits per heavy atom. The molecule has 0 bridgehead atoms. The van der Waals surface area contributed by atoms with Crippen molar-refractivity contribution in [3.63, 3.8) is 0 Å². The molecule has 0 radical (unpaired) electrons. The van der Waals surface area contributed by atoms with Crippen molar-refractivity contribution < 1.29 is 4.74 Å². The first-order valence-electron chi connectivity index (χ1n) is 3.21. The van der Waals surface area contributed by atoms with Gasteiger partial charge in [0.15, 0.2) is 0 Å². The zero-order valence-electron chi connectivity index (χ0n) is 6.18. The molecule has 0 saturated carbocycles. The lowest BCUT2D eigenvalue weighted by molar-refractivity contribution is 0.305. The fourth-order valence-corrected chi connectivity index (χ4v) is 0.537. The van der Waals surface area contributed by atoms with Gasteiger partial charge in [0, 0.05) is 0 Å². The third-order valence-electron chi connectivity index (χ3n) is 1.07. The molecule has 0 aliphatic rings. The van der Waals surface area contributed by atoms with Gasteiger partial charge >= 0.3 is 0 Å². The predicted octanol–water partition coefficient (Wildman–Crippen LogP) is 2.50. The fourth-order valence-electron chi connectivity index (χ4n) is 0.537. The standard InChI is InChI=1S/C8H14O/c1-4-6-7-8(5-2)9-3/h5,7H,2,4,6H2,1,3H3/b8-7+. The summed E-state index contributed by atoms with van der Waals surface area (Å²) in [5, 5.41) is 0. The van der Waals surface area contributed by atoms with E-state index in [2.05, 4.69) is 13.5 Å². The van der Waals surface area contributed by atoms with Crippen LogP contribution in [0.5, 0.6) is 0 Å². The van der Waals surface area contributed by atoms with Gasteiger partial charge < -0.3 is 4.74 Å². The van der Waals surface area contributed by atoms with Gasteiger partial charge in [-0.2, -0.15) is 0 Å². The lowest BCUT2D eigenvalue weighted by Crippen LogP contribution is -1.79. The molecule has 0 saturated heterocycles. The number of unbranched alkanes of at least 4 members (excludes halogenated alkanes) is 1. The lowest BCUT2D eigenvalue weighted by Gasteiger charge is -1.96. The summed E-state index contributed by atoms with van der Waals surface area (Å²) in [6.45, 7) is 5.72. The molecule has 0 unspecified atom stereocenters. The van der Waals surface area contributed by atoms with E-state index in [9.17, 15) is 0 Å². The SMILES string of the molecule is C=C/C(=C\CCC)OC. The summed E-state index contributed by atoms with van der Waals surface area (Å²) in [4.78, 5) is 0. The predicted molar refractivity (Wildman–Crippen MR) is 40.2 cm³/mol. The van der Waals surface area contributed by atoms with Gasteiger partial charge in [0.1, 0.15) is 5.76 Å².